The van der Waals surface area contributed by atoms with Crippen LogP contribution in [0.4, 0.5) is 0 Å². The number of sulfone groups is 1. The summed E-state index contributed by atoms with van der Waals surface area (Å²) in [5.74, 6) is -0.344. The lowest BCUT2D eigenvalue weighted by Crippen LogP contribution is -2.48. The summed E-state index contributed by atoms with van der Waals surface area (Å²) < 4.78 is 27.6. The lowest BCUT2D eigenvalue weighted by molar-refractivity contribution is -0.132. The van der Waals surface area contributed by atoms with Crippen LogP contribution in [0.15, 0.2) is 34.3 Å². The number of H-pyrrole nitrogens is 1. The van der Waals surface area contributed by atoms with Gasteiger partial charge in [0.25, 0.3) is 0 Å². The Balaban J connectivity index is 0.00000216. The maximum Gasteiger partial charge on any atom is 0.223 e. The van der Waals surface area contributed by atoms with Gasteiger partial charge in [0.15, 0.2) is 14.6 Å². The van der Waals surface area contributed by atoms with Gasteiger partial charge in [0.2, 0.25) is 5.91 Å². The first kappa shape index (κ1) is 29.7. The van der Waals surface area contributed by atoms with Crippen molar-refractivity contribution in [2.24, 2.45) is 12.0 Å². The number of aromatic nitrogens is 2. The molecule has 1 saturated heterocycles. The summed E-state index contributed by atoms with van der Waals surface area (Å²) in [6.07, 6.45) is -0.0281. The number of amides is 1. The number of carbonyl (C=O) groups excluding carboxylic acids is 1. The maximum absolute atomic E-state index is 12.8. The number of nitrogens with zero attached hydrogens (tertiary/aromatic N) is 4. The molecule has 3 heterocycles. The molecule has 3 aromatic rings. The molecule has 13 heteroatoms. The maximum atomic E-state index is 12.8. The van der Waals surface area contributed by atoms with Crippen LogP contribution < -0.4 is 4.80 Å². The number of hydrogen-bond donors (Lipinski definition) is 1. The molecule has 1 amide bonds. The van der Waals surface area contributed by atoms with Gasteiger partial charge in [0.05, 0.1) is 5.75 Å². The number of thiazole rings is 1. The van der Waals surface area contributed by atoms with Crippen molar-refractivity contribution in [2.75, 3.05) is 39.0 Å². The highest BCUT2D eigenvalue weighted by Gasteiger charge is 2.25. The zero-order valence-corrected chi connectivity index (χ0v) is 23.8. The molecule has 0 unspecified atom stereocenters. The predicted molar refractivity (Wildman–Crippen MR) is 146 cm³/mol. The molecule has 1 aromatic carbocycles. The van der Waals surface area contributed by atoms with E-state index in [-0.39, 0.29) is 47.9 Å². The van der Waals surface area contributed by atoms with Gasteiger partial charge in [-0.3, -0.25) is 14.7 Å². The first-order valence-electron chi connectivity index (χ1n) is 10.8. The van der Waals surface area contributed by atoms with Crippen LogP contribution >= 0.6 is 47.8 Å². The number of nitrogens with one attached hydrogen (secondary N) is 1. The van der Waals surface area contributed by atoms with Crippen LogP contribution in [0.25, 0.3) is 10.9 Å². The smallest absolute Gasteiger partial charge is 0.223 e. The number of benzene rings is 1. The average Bonchev–Trinajstić information content (AvgIpc) is 3.34. The van der Waals surface area contributed by atoms with Crippen molar-refractivity contribution in [1.82, 2.24) is 19.4 Å². The Morgan fingerprint density at radius 3 is 2.49 bits per heavy atom. The largest absolute Gasteiger partial charge is 0.346 e. The Labute approximate surface area is 226 Å². The van der Waals surface area contributed by atoms with Crippen molar-refractivity contribution in [3.63, 3.8) is 0 Å². The Morgan fingerprint density at radius 2 is 1.86 bits per heavy atom. The summed E-state index contributed by atoms with van der Waals surface area (Å²) in [7, 11) is 0.224. The Bertz CT molecular complexity index is 1360. The number of aromatic amines is 1. The van der Waals surface area contributed by atoms with E-state index < -0.39 is 9.84 Å². The van der Waals surface area contributed by atoms with E-state index in [0.717, 1.165) is 29.8 Å². The molecule has 35 heavy (non-hydrogen) atoms. The Morgan fingerprint density at radius 1 is 1.17 bits per heavy atom. The molecule has 0 bridgehead atoms. The lowest BCUT2D eigenvalue weighted by Gasteiger charge is -2.34. The number of rotatable bonds is 6. The van der Waals surface area contributed by atoms with Crippen molar-refractivity contribution >= 4 is 74.4 Å². The fourth-order valence-electron chi connectivity index (χ4n) is 4.02. The fraction of sp³-hybridized carbons (Fsp3) is 0.455. The third kappa shape index (κ3) is 6.61. The molecule has 0 atom stereocenters. The molecular formula is C22H30Cl3N5O3S2. The molecule has 8 nitrogen and oxygen atoms in total. The van der Waals surface area contributed by atoms with Gasteiger partial charge >= 0.3 is 0 Å². The highest BCUT2D eigenvalue weighted by molar-refractivity contribution is 7.91. The zero-order valence-electron chi connectivity index (χ0n) is 19.8. The van der Waals surface area contributed by atoms with E-state index in [9.17, 15) is 13.2 Å². The molecule has 2 aromatic heterocycles. The summed E-state index contributed by atoms with van der Waals surface area (Å²) in [5, 5.41) is 1.40. The van der Waals surface area contributed by atoms with Gasteiger partial charge in [-0.15, -0.1) is 36.2 Å². The topological polar surface area (TPSA) is 90.8 Å². The minimum absolute atomic E-state index is 0. The number of halogens is 3. The van der Waals surface area contributed by atoms with Crippen molar-refractivity contribution in [1.29, 1.82) is 0 Å². The molecular weight excluding hydrogens is 553 g/mol. The summed E-state index contributed by atoms with van der Waals surface area (Å²) >= 11 is 7.68. The van der Waals surface area contributed by atoms with Crippen LogP contribution in [0.3, 0.4) is 0 Å². The van der Waals surface area contributed by atoms with Crippen LogP contribution in [0.5, 0.6) is 0 Å². The third-order valence-corrected chi connectivity index (χ3v) is 9.35. The van der Waals surface area contributed by atoms with Gasteiger partial charge in [-0.25, -0.2) is 8.42 Å². The number of piperazine rings is 1. The molecule has 194 valence electrons. The first-order chi connectivity index (χ1) is 15.7. The molecule has 1 N–H and O–H groups in total. The normalized spacial score (nSPS) is 15.2. The molecule has 1 aliphatic rings. The first-order valence-corrected chi connectivity index (χ1v) is 13.6. The van der Waals surface area contributed by atoms with Gasteiger partial charge < -0.3 is 14.5 Å². The number of carbonyl (C=O) groups is 1. The number of fused-ring (bicyclic) bond motifs is 1. The van der Waals surface area contributed by atoms with Gasteiger partial charge in [-0.05, 0) is 31.2 Å². The van der Waals surface area contributed by atoms with Crippen molar-refractivity contribution in [3.8, 4) is 0 Å². The predicted octanol–water partition coefficient (Wildman–Crippen LogP) is 3.41. The van der Waals surface area contributed by atoms with Crippen molar-refractivity contribution < 1.29 is 13.2 Å². The summed E-state index contributed by atoms with van der Waals surface area (Å²) in [6, 6.07) is 6.74. The minimum atomic E-state index is -3.60. The molecule has 1 aliphatic heterocycles. The Hall–Kier alpha value is -1.56. The van der Waals surface area contributed by atoms with Crippen LogP contribution in [0, 0.1) is 6.92 Å². The Kier molecular flexibility index (Phi) is 10.3. The van der Waals surface area contributed by atoms with E-state index >= 15 is 0 Å². The standard InChI is InChI=1S/C22H28ClN5O3S2.2ClH/c1-15-19(32-22(24-2)26(15)3)14-27-7-9-28(10-8-27)21(29)6-11-33(30,31)20-13-16-12-17(23)4-5-18(16)25-20;;/h4-5,12-13,25H,6-11,14H2,1-3H3;2*1H/b24-22-;;. The van der Waals surface area contributed by atoms with Crippen molar-refractivity contribution in [3.05, 3.63) is 44.7 Å². The molecule has 0 radical (unpaired) electrons. The second-order valence-electron chi connectivity index (χ2n) is 8.27. The minimum Gasteiger partial charge on any atom is -0.346 e. The fourth-order valence-corrected chi connectivity index (χ4v) is 6.55. The van der Waals surface area contributed by atoms with Gasteiger partial charge in [-0.2, -0.15) is 0 Å². The summed E-state index contributed by atoms with van der Waals surface area (Å²) in [5.41, 5.74) is 1.92. The van der Waals surface area contributed by atoms with Crippen molar-refractivity contribution in [2.45, 2.75) is 24.9 Å². The van der Waals surface area contributed by atoms with Gasteiger partial charge in [0.1, 0.15) is 5.03 Å². The highest BCUT2D eigenvalue weighted by Crippen LogP contribution is 2.23. The average molecular weight is 583 g/mol. The second kappa shape index (κ2) is 12.1. The van der Waals surface area contributed by atoms with Gasteiger partial charge in [0, 0.05) is 79.7 Å². The summed E-state index contributed by atoms with van der Waals surface area (Å²) in [6.45, 7) is 5.67. The van der Waals surface area contributed by atoms with E-state index in [1.165, 1.54) is 10.6 Å². The van der Waals surface area contributed by atoms with E-state index in [2.05, 4.69) is 26.4 Å². The van der Waals surface area contributed by atoms with Crippen LogP contribution in [0.1, 0.15) is 17.0 Å². The molecule has 0 saturated carbocycles. The quantitative estimate of drug-likeness (QED) is 0.482. The van der Waals surface area contributed by atoms with E-state index in [0.29, 0.717) is 23.6 Å². The van der Waals surface area contributed by atoms with E-state index in [4.69, 9.17) is 11.6 Å². The van der Waals surface area contributed by atoms with E-state index in [1.807, 2.05) is 7.05 Å². The van der Waals surface area contributed by atoms with Gasteiger partial charge in [-0.1, -0.05) is 11.6 Å². The van der Waals surface area contributed by atoms with Crippen LogP contribution in [0.2, 0.25) is 5.02 Å². The zero-order chi connectivity index (χ0) is 23.8. The number of hydrogen-bond acceptors (Lipinski definition) is 6. The molecule has 0 spiro atoms. The van der Waals surface area contributed by atoms with Crippen LogP contribution in [-0.4, -0.2) is 72.7 Å². The lowest BCUT2D eigenvalue weighted by atomic mass is 10.2. The SMILES string of the molecule is C/N=c1\sc(CN2CCN(C(=O)CCS(=O)(=O)c3cc4cc(Cl)ccc4[nH]3)CC2)c(C)n1C.Cl.Cl. The van der Waals surface area contributed by atoms with Crippen LogP contribution in [-0.2, 0) is 28.2 Å². The summed E-state index contributed by atoms with van der Waals surface area (Å²) in [4.78, 5) is 26.3. The highest BCUT2D eigenvalue weighted by atomic mass is 35.5. The second-order valence-corrected chi connectivity index (χ2v) is 11.8. The molecule has 0 aliphatic carbocycles. The molecule has 1 fully saturated rings. The third-order valence-electron chi connectivity index (χ3n) is 6.17. The van der Waals surface area contributed by atoms with E-state index in [1.54, 1.807) is 47.5 Å². The molecule has 4 rings (SSSR count). The monoisotopic (exact) mass is 581 g/mol.